The summed E-state index contributed by atoms with van der Waals surface area (Å²) in [6, 6.07) is 14.8. The van der Waals surface area contributed by atoms with Crippen LogP contribution in [0.25, 0.3) is 0 Å². The fourth-order valence-corrected chi connectivity index (χ4v) is 4.79. The Morgan fingerprint density at radius 2 is 1.87 bits per heavy atom. The van der Waals surface area contributed by atoms with E-state index < -0.39 is 10.0 Å². The largest absolute Gasteiger partial charge is 0.314 e. The summed E-state index contributed by atoms with van der Waals surface area (Å²) < 4.78 is 28.2. The Hall–Kier alpha value is -1.40. The summed E-state index contributed by atoms with van der Waals surface area (Å²) in [7, 11) is -3.66. The lowest BCUT2D eigenvalue weighted by atomic mass is 9.95. The summed E-state index contributed by atoms with van der Waals surface area (Å²) in [4.78, 5) is 0.137. The quantitative estimate of drug-likeness (QED) is 0.891. The molecule has 1 aliphatic heterocycles. The molecule has 0 amide bonds. The lowest BCUT2D eigenvalue weighted by Gasteiger charge is -2.21. The standard InChI is InChI=1S/C17H19ClN2O2S/c1-12-7-8-15(18)17(9-12)23(21,22)20-16-11-19-10-14(16)13-5-3-2-4-6-13/h2-9,14,16,19-20H,10-11H2,1H3/t14-,16+/m1/s1. The van der Waals surface area contributed by atoms with E-state index in [1.807, 2.05) is 37.3 Å². The molecule has 1 aliphatic rings. The Kier molecular flexibility index (Phi) is 4.73. The van der Waals surface area contributed by atoms with Crippen molar-refractivity contribution >= 4 is 21.6 Å². The molecular formula is C17H19ClN2O2S. The van der Waals surface area contributed by atoms with Gasteiger partial charge in [0.1, 0.15) is 4.90 Å². The highest BCUT2D eigenvalue weighted by Gasteiger charge is 2.32. The van der Waals surface area contributed by atoms with Crippen molar-refractivity contribution in [3.63, 3.8) is 0 Å². The van der Waals surface area contributed by atoms with Gasteiger partial charge in [0.25, 0.3) is 0 Å². The molecule has 1 fully saturated rings. The van der Waals surface area contributed by atoms with Gasteiger partial charge in [-0.3, -0.25) is 0 Å². The van der Waals surface area contributed by atoms with E-state index in [-0.39, 0.29) is 21.9 Å². The zero-order valence-corrected chi connectivity index (χ0v) is 14.4. The molecule has 6 heteroatoms. The third-order valence-electron chi connectivity index (χ3n) is 4.12. The molecule has 0 radical (unpaired) electrons. The highest BCUT2D eigenvalue weighted by molar-refractivity contribution is 7.89. The fraction of sp³-hybridized carbons (Fsp3) is 0.294. The molecule has 2 atom stereocenters. The number of rotatable bonds is 4. The number of nitrogens with one attached hydrogen (secondary N) is 2. The van der Waals surface area contributed by atoms with E-state index in [9.17, 15) is 8.42 Å². The Bertz CT molecular complexity index is 793. The van der Waals surface area contributed by atoms with Gasteiger partial charge in [-0.05, 0) is 30.2 Å². The third kappa shape index (κ3) is 3.58. The summed E-state index contributed by atoms with van der Waals surface area (Å²) >= 11 is 6.08. The number of sulfonamides is 1. The number of halogens is 1. The van der Waals surface area contributed by atoms with Crippen molar-refractivity contribution in [1.82, 2.24) is 10.0 Å². The van der Waals surface area contributed by atoms with Crippen molar-refractivity contribution in [2.24, 2.45) is 0 Å². The highest BCUT2D eigenvalue weighted by Crippen LogP contribution is 2.27. The van der Waals surface area contributed by atoms with Gasteiger partial charge < -0.3 is 5.32 Å². The minimum atomic E-state index is -3.66. The van der Waals surface area contributed by atoms with Crippen LogP contribution in [0.2, 0.25) is 5.02 Å². The van der Waals surface area contributed by atoms with Crippen molar-refractivity contribution in [2.45, 2.75) is 23.8 Å². The molecule has 2 aromatic rings. The molecule has 0 unspecified atom stereocenters. The van der Waals surface area contributed by atoms with E-state index in [0.717, 1.165) is 17.7 Å². The first-order valence-corrected chi connectivity index (χ1v) is 9.37. The summed E-state index contributed by atoms with van der Waals surface area (Å²) in [5, 5.41) is 3.50. The predicted octanol–water partition coefficient (Wildman–Crippen LogP) is 2.68. The van der Waals surface area contributed by atoms with E-state index in [1.54, 1.807) is 18.2 Å². The maximum atomic E-state index is 12.7. The van der Waals surface area contributed by atoms with Crippen LogP contribution in [0.15, 0.2) is 53.4 Å². The Morgan fingerprint density at radius 1 is 1.13 bits per heavy atom. The van der Waals surface area contributed by atoms with E-state index in [4.69, 9.17) is 11.6 Å². The number of hydrogen-bond acceptors (Lipinski definition) is 3. The SMILES string of the molecule is Cc1ccc(Cl)c(S(=O)(=O)N[C@H]2CNC[C@@H]2c2ccccc2)c1. The van der Waals surface area contributed by atoms with Gasteiger partial charge >= 0.3 is 0 Å². The van der Waals surface area contributed by atoms with Crippen LogP contribution in [0.3, 0.4) is 0 Å². The van der Waals surface area contributed by atoms with E-state index in [2.05, 4.69) is 10.0 Å². The third-order valence-corrected chi connectivity index (χ3v) is 6.10. The lowest BCUT2D eigenvalue weighted by molar-refractivity contribution is 0.541. The maximum absolute atomic E-state index is 12.7. The van der Waals surface area contributed by atoms with Crippen LogP contribution in [0, 0.1) is 6.92 Å². The van der Waals surface area contributed by atoms with Crippen molar-refractivity contribution in [1.29, 1.82) is 0 Å². The zero-order chi connectivity index (χ0) is 16.4. The first-order chi connectivity index (χ1) is 11.0. The van der Waals surface area contributed by atoms with Crippen LogP contribution in [0.5, 0.6) is 0 Å². The molecule has 1 heterocycles. The van der Waals surface area contributed by atoms with Gasteiger partial charge in [0.15, 0.2) is 0 Å². The molecule has 0 bridgehead atoms. The summed E-state index contributed by atoms with van der Waals surface area (Å²) in [5.41, 5.74) is 1.99. The first kappa shape index (κ1) is 16.5. The molecule has 2 aromatic carbocycles. The second-order valence-electron chi connectivity index (χ2n) is 5.84. The molecule has 3 rings (SSSR count). The minimum Gasteiger partial charge on any atom is -0.314 e. The zero-order valence-electron chi connectivity index (χ0n) is 12.8. The van der Waals surface area contributed by atoms with Gasteiger partial charge in [-0.15, -0.1) is 0 Å². The molecule has 0 aromatic heterocycles. The van der Waals surface area contributed by atoms with E-state index in [0.29, 0.717) is 6.54 Å². The van der Waals surface area contributed by atoms with Gasteiger partial charge in [0.2, 0.25) is 10.0 Å². The monoisotopic (exact) mass is 350 g/mol. The number of aryl methyl sites for hydroxylation is 1. The van der Waals surface area contributed by atoms with Crippen LogP contribution < -0.4 is 10.0 Å². The second kappa shape index (κ2) is 6.61. The van der Waals surface area contributed by atoms with Crippen molar-refractivity contribution < 1.29 is 8.42 Å². The normalized spacial score (nSPS) is 21.5. The topological polar surface area (TPSA) is 58.2 Å². The van der Waals surface area contributed by atoms with Crippen LogP contribution >= 0.6 is 11.6 Å². The summed E-state index contributed by atoms with van der Waals surface area (Å²) in [6.45, 7) is 3.19. The molecular weight excluding hydrogens is 332 g/mol. The predicted molar refractivity (Wildman–Crippen MR) is 92.4 cm³/mol. The molecule has 23 heavy (non-hydrogen) atoms. The average Bonchev–Trinajstić information content (AvgIpc) is 2.98. The van der Waals surface area contributed by atoms with Gasteiger partial charge in [0.05, 0.1) is 5.02 Å². The van der Waals surface area contributed by atoms with E-state index in [1.165, 1.54) is 0 Å². The Balaban J connectivity index is 1.86. The molecule has 2 N–H and O–H groups in total. The van der Waals surface area contributed by atoms with Crippen molar-refractivity contribution in [3.05, 3.63) is 64.7 Å². The lowest BCUT2D eigenvalue weighted by Crippen LogP contribution is -2.39. The molecule has 1 saturated heterocycles. The second-order valence-corrected chi connectivity index (χ2v) is 7.93. The van der Waals surface area contributed by atoms with Gasteiger partial charge in [-0.2, -0.15) is 0 Å². The summed E-state index contributed by atoms with van der Waals surface area (Å²) in [6.07, 6.45) is 0. The van der Waals surface area contributed by atoms with Crippen LogP contribution in [0.1, 0.15) is 17.0 Å². The van der Waals surface area contributed by atoms with Gasteiger partial charge in [-0.25, -0.2) is 13.1 Å². The van der Waals surface area contributed by atoms with Gasteiger partial charge in [-0.1, -0.05) is 48.0 Å². The summed E-state index contributed by atoms with van der Waals surface area (Å²) in [5.74, 6) is 0.106. The number of benzene rings is 2. The average molecular weight is 351 g/mol. The molecule has 0 aliphatic carbocycles. The smallest absolute Gasteiger partial charge is 0.242 e. The molecule has 0 spiro atoms. The Morgan fingerprint density at radius 3 is 2.61 bits per heavy atom. The van der Waals surface area contributed by atoms with Crippen LogP contribution in [0.4, 0.5) is 0 Å². The van der Waals surface area contributed by atoms with E-state index >= 15 is 0 Å². The van der Waals surface area contributed by atoms with Crippen LogP contribution in [-0.2, 0) is 10.0 Å². The number of hydrogen-bond donors (Lipinski definition) is 2. The van der Waals surface area contributed by atoms with Crippen LogP contribution in [-0.4, -0.2) is 27.5 Å². The van der Waals surface area contributed by atoms with Crippen molar-refractivity contribution in [2.75, 3.05) is 13.1 Å². The fourth-order valence-electron chi connectivity index (χ4n) is 2.93. The maximum Gasteiger partial charge on any atom is 0.242 e. The van der Waals surface area contributed by atoms with Crippen molar-refractivity contribution in [3.8, 4) is 0 Å². The molecule has 4 nitrogen and oxygen atoms in total. The highest BCUT2D eigenvalue weighted by atomic mass is 35.5. The van der Waals surface area contributed by atoms with Gasteiger partial charge in [0, 0.05) is 25.0 Å². The molecule has 122 valence electrons. The Labute approximate surface area is 141 Å². The first-order valence-electron chi connectivity index (χ1n) is 7.51. The molecule has 0 saturated carbocycles. The minimum absolute atomic E-state index is 0.106.